The molecule has 19 heteroatoms. The highest BCUT2D eigenvalue weighted by atomic mass is 32.3. The fourth-order valence-corrected chi connectivity index (χ4v) is 10.1. The van der Waals surface area contributed by atoms with E-state index in [4.69, 9.17) is 19.7 Å². The lowest BCUT2D eigenvalue weighted by molar-refractivity contribution is 0.262. The smallest absolute Gasteiger partial charge is 0.326 e. The number of hydrogen-bond acceptors (Lipinski definition) is 11. The summed E-state index contributed by atoms with van der Waals surface area (Å²) in [6.07, 6.45) is 0.660. The molecular weight excluding hydrogens is 777 g/mol. The number of nitrogens with zero attached hydrogens (tertiary/aromatic N) is 4. The van der Waals surface area contributed by atoms with Gasteiger partial charge in [0.1, 0.15) is 11.5 Å². The summed E-state index contributed by atoms with van der Waals surface area (Å²) in [7, 11) is -9.04. The Balaban J connectivity index is 1.17. The van der Waals surface area contributed by atoms with Crippen molar-refractivity contribution >= 4 is 60.6 Å². The number of rotatable bonds is 8. The third-order valence-electron chi connectivity index (χ3n) is 8.98. The van der Waals surface area contributed by atoms with E-state index in [2.05, 4.69) is 10.6 Å². The maximum absolute atomic E-state index is 13.9. The third kappa shape index (κ3) is 7.01. The second kappa shape index (κ2) is 13.7. The van der Waals surface area contributed by atoms with E-state index in [1.165, 1.54) is 12.1 Å². The van der Waals surface area contributed by atoms with Crippen LogP contribution in [0.4, 0.5) is 16.4 Å². The number of nitrogens with one attached hydrogen (secondary N) is 2. The molecule has 4 N–H and O–H groups in total. The molecule has 0 atom stereocenters. The summed E-state index contributed by atoms with van der Waals surface area (Å²) in [5, 5.41) is 15.3. The van der Waals surface area contributed by atoms with Crippen LogP contribution < -0.4 is 20.1 Å². The van der Waals surface area contributed by atoms with Crippen molar-refractivity contribution in [2.75, 3.05) is 23.8 Å². The van der Waals surface area contributed by atoms with Crippen LogP contribution in [0.1, 0.15) is 33.4 Å². The van der Waals surface area contributed by atoms with Crippen molar-refractivity contribution in [3.63, 3.8) is 0 Å². The Labute approximate surface area is 317 Å². The lowest BCUT2D eigenvalue weighted by Crippen LogP contribution is -2.22. The molecule has 54 heavy (non-hydrogen) atoms. The number of amides is 2. The highest BCUT2D eigenvalue weighted by Gasteiger charge is 2.32. The minimum absolute atomic E-state index is 0.153. The standard InChI is InChI=1S/C35H32N6O9S4/c1-19-3-7-21(8-4-19)17-40-29-23(11-13-49-25-15-27(51-31(25)29)53(43,44)45)33(38-40)36-35(42)37-34-24-12-14-50-26-16-28(54(46,47)48)52-32(26)30(24)41(39-34)18-22-9-5-20(2)6-10-22/h3-10,15-16H,11-14,17-18H2,1-2H3,(H,43,44,45)(H,46,47,48)(H2,36,37,38,39,42). The topological polar surface area (TPSA) is 204 Å². The Kier molecular flexibility index (Phi) is 9.10. The van der Waals surface area contributed by atoms with Gasteiger partial charge in [-0.15, -0.1) is 22.7 Å². The average Bonchev–Trinajstić information content (AvgIpc) is 3.83. The molecular formula is C35H32N6O9S4. The summed E-state index contributed by atoms with van der Waals surface area (Å²) in [5.41, 5.74) is 6.28. The molecule has 2 aromatic carbocycles. The van der Waals surface area contributed by atoms with Gasteiger partial charge in [0, 0.05) is 36.1 Å². The number of hydrogen-bond donors (Lipinski definition) is 4. The van der Waals surface area contributed by atoms with E-state index in [9.17, 15) is 30.7 Å². The average molecular weight is 809 g/mol. The number of fused-ring (bicyclic) bond motifs is 6. The summed E-state index contributed by atoms with van der Waals surface area (Å²) in [6.45, 7) is 4.83. The van der Waals surface area contributed by atoms with Gasteiger partial charge in [-0.1, -0.05) is 59.7 Å². The Morgan fingerprint density at radius 2 is 1.09 bits per heavy atom. The van der Waals surface area contributed by atoms with E-state index in [0.29, 0.717) is 45.1 Å². The van der Waals surface area contributed by atoms with E-state index in [0.717, 1.165) is 44.9 Å². The summed E-state index contributed by atoms with van der Waals surface area (Å²) in [5.74, 6) is 1.00. The number of anilines is 2. The first-order chi connectivity index (χ1) is 25.7. The second-order valence-electron chi connectivity index (χ2n) is 12.9. The highest BCUT2D eigenvalue weighted by Crippen LogP contribution is 2.47. The number of aromatic nitrogens is 4. The van der Waals surface area contributed by atoms with Crippen molar-refractivity contribution in [1.82, 2.24) is 19.6 Å². The molecule has 2 aliphatic heterocycles. The Hall–Kier alpha value is -5.05. The zero-order valence-electron chi connectivity index (χ0n) is 28.7. The van der Waals surface area contributed by atoms with Gasteiger partial charge in [0.25, 0.3) is 0 Å². The summed E-state index contributed by atoms with van der Waals surface area (Å²) >= 11 is 1.70. The molecule has 6 heterocycles. The molecule has 0 aliphatic carbocycles. The van der Waals surface area contributed by atoms with E-state index >= 15 is 0 Å². The third-order valence-corrected chi connectivity index (χ3v) is 13.8. The summed E-state index contributed by atoms with van der Waals surface area (Å²) in [6, 6.07) is 17.6. The van der Waals surface area contributed by atoms with Gasteiger partial charge >= 0.3 is 26.3 Å². The monoisotopic (exact) mass is 808 g/mol. The molecule has 2 aliphatic rings. The number of thiophene rings is 2. The van der Waals surface area contributed by atoms with Gasteiger partial charge in [0.2, 0.25) is 0 Å². The first-order valence-electron chi connectivity index (χ1n) is 16.6. The molecule has 15 nitrogen and oxygen atoms in total. The summed E-state index contributed by atoms with van der Waals surface area (Å²) < 4.78 is 82.7. The minimum atomic E-state index is -4.52. The molecule has 0 radical (unpaired) electrons. The van der Waals surface area contributed by atoms with Gasteiger partial charge in [0.05, 0.1) is 47.4 Å². The molecule has 280 valence electrons. The normalized spacial score (nSPS) is 13.7. The molecule has 0 bridgehead atoms. The molecule has 6 aromatic rings. The first kappa shape index (κ1) is 36.0. The Bertz CT molecular complexity index is 2480. The van der Waals surface area contributed by atoms with Crippen molar-refractivity contribution in [2.24, 2.45) is 0 Å². The number of benzene rings is 2. The quantitative estimate of drug-likeness (QED) is 0.126. The van der Waals surface area contributed by atoms with Gasteiger partial charge in [0.15, 0.2) is 20.1 Å². The van der Waals surface area contributed by atoms with Gasteiger partial charge in [-0.2, -0.15) is 27.0 Å². The number of ether oxygens (including phenoxy) is 2. The van der Waals surface area contributed by atoms with Crippen LogP contribution in [0.2, 0.25) is 0 Å². The van der Waals surface area contributed by atoms with Crippen molar-refractivity contribution in [1.29, 1.82) is 0 Å². The SMILES string of the molecule is Cc1ccc(Cn2nc(NC(=O)Nc3nn(Cc4ccc(C)cc4)c4c3CCOc3cc(S(=O)(=O)O)sc3-4)c3c2-c2sc(S(=O)(=O)O)cc2OCC3)cc1. The van der Waals surface area contributed by atoms with Crippen molar-refractivity contribution < 1.29 is 40.2 Å². The number of carbonyl (C=O) groups excluding carboxylic acids is 1. The van der Waals surface area contributed by atoms with E-state index < -0.39 is 26.3 Å². The molecule has 0 saturated carbocycles. The molecule has 0 fully saturated rings. The minimum Gasteiger partial charge on any atom is -0.492 e. The largest absolute Gasteiger partial charge is 0.492 e. The van der Waals surface area contributed by atoms with Crippen LogP contribution in [-0.4, -0.2) is 64.7 Å². The van der Waals surface area contributed by atoms with Gasteiger partial charge in [-0.05, 0) is 25.0 Å². The highest BCUT2D eigenvalue weighted by molar-refractivity contribution is 7.88. The Morgan fingerprint density at radius 3 is 1.46 bits per heavy atom. The molecule has 2 amide bonds. The predicted octanol–water partition coefficient (Wildman–Crippen LogP) is 6.26. The van der Waals surface area contributed by atoms with Crippen LogP contribution in [0.15, 0.2) is 69.1 Å². The predicted molar refractivity (Wildman–Crippen MR) is 202 cm³/mol. The number of urea groups is 1. The molecule has 0 spiro atoms. The van der Waals surface area contributed by atoms with Crippen LogP contribution in [0.5, 0.6) is 11.5 Å². The van der Waals surface area contributed by atoms with Gasteiger partial charge < -0.3 is 9.47 Å². The van der Waals surface area contributed by atoms with E-state index in [-0.39, 0.29) is 57.9 Å². The van der Waals surface area contributed by atoms with Gasteiger partial charge in [-0.3, -0.25) is 29.1 Å². The van der Waals surface area contributed by atoms with Crippen molar-refractivity contribution in [2.45, 2.75) is 48.2 Å². The van der Waals surface area contributed by atoms with E-state index in [1.807, 2.05) is 62.4 Å². The first-order valence-corrected chi connectivity index (χ1v) is 21.1. The maximum Gasteiger partial charge on any atom is 0.326 e. The van der Waals surface area contributed by atoms with Crippen LogP contribution >= 0.6 is 22.7 Å². The lowest BCUT2D eigenvalue weighted by atomic mass is 10.1. The summed E-state index contributed by atoms with van der Waals surface area (Å²) in [4.78, 5) is 14.8. The Morgan fingerprint density at radius 1 is 0.704 bits per heavy atom. The molecule has 0 unspecified atom stereocenters. The van der Waals surface area contributed by atoms with Crippen LogP contribution in [0, 0.1) is 13.8 Å². The van der Waals surface area contributed by atoms with Crippen LogP contribution in [-0.2, 0) is 46.2 Å². The zero-order chi connectivity index (χ0) is 37.9. The van der Waals surface area contributed by atoms with Crippen molar-refractivity contribution in [3.05, 3.63) is 94.0 Å². The van der Waals surface area contributed by atoms with Crippen LogP contribution in [0.25, 0.3) is 21.1 Å². The number of carbonyl (C=O) groups is 1. The zero-order valence-corrected chi connectivity index (χ0v) is 32.0. The van der Waals surface area contributed by atoms with E-state index in [1.54, 1.807) is 9.36 Å². The lowest BCUT2D eigenvalue weighted by Gasteiger charge is -2.08. The second-order valence-corrected chi connectivity index (χ2v) is 18.3. The molecule has 0 saturated heterocycles. The molecule has 4 aromatic heterocycles. The maximum atomic E-state index is 13.9. The fraction of sp³-hybridized carbons (Fsp3) is 0.229. The van der Waals surface area contributed by atoms with Gasteiger partial charge in [-0.25, -0.2) is 4.79 Å². The fourth-order valence-electron chi connectivity index (χ4n) is 6.42. The molecule has 8 rings (SSSR count). The van der Waals surface area contributed by atoms with Crippen LogP contribution in [0.3, 0.4) is 0 Å². The van der Waals surface area contributed by atoms with Crippen molar-refractivity contribution in [3.8, 4) is 32.6 Å². The number of aryl methyl sites for hydroxylation is 2.